The third-order valence-corrected chi connectivity index (χ3v) is 4.92. The number of amides is 2. The van der Waals surface area contributed by atoms with Gasteiger partial charge in [-0.3, -0.25) is 19.8 Å². The van der Waals surface area contributed by atoms with Gasteiger partial charge in [-0.05, 0) is 89.4 Å². The average molecular weight is 516 g/mol. The van der Waals surface area contributed by atoms with Crippen LogP contribution in [0.3, 0.4) is 0 Å². The average Bonchev–Trinajstić information content (AvgIpc) is 3.12. The van der Waals surface area contributed by atoms with Crippen LogP contribution in [0.5, 0.6) is 11.5 Å². The maximum absolute atomic E-state index is 13.0. The molecule has 8 heteroatoms. The topological polar surface area (TPSA) is 71.8 Å². The van der Waals surface area contributed by atoms with E-state index in [1.165, 1.54) is 11.0 Å². The van der Waals surface area contributed by atoms with Gasteiger partial charge in [0.25, 0.3) is 11.8 Å². The number of hydrogen-bond acceptors (Lipinski definition) is 5. The summed E-state index contributed by atoms with van der Waals surface area (Å²) in [4.78, 5) is 26.5. The molecule has 0 spiro atoms. The van der Waals surface area contributed by atoms with E-state index in [1.54, 1.807) is 36.4 Å². The molecule has 1 fully saturated rings. The first kappa shape index (κ1) is 19.3. The maximum Gasteiger partial charge on any atom is 0.270 e. The molecule has 0 aliphatic carbocycles. The smallest absolute Gasteiger partial charge is 0.270 e. The zero-order valence-corrected chi connectivity index (χ0v) is 17.8. The summed E-state index contributed by atoms with van der Waals surface area (Å²) < 4.78 is 11.8. The van der Waals surface area contributed by atoms with Crippen LogP contribution in [0.4, 0.5) is 5.69 Å². The van der Waals surface area contributed by atoms with E-state index in [4.69, 9.17) is 21.4 Å². The van der Waals surface area contributed by atoms with Crippen molar-refractivity contribution in [1.29, 1.82) is 0 Å². The van der Waals surface area contributed by atoms with Gasteiger partial charge >= 0.3 is 0 Å². The van der Waals surface area contributed by atoms with Gasteiger partial charge in [-0.15, -0.1) is 0 Å². The molecular formula is C21H13IN2O4S. The molecule has 0 unspecified atom stereocenters. The second kappa shape index (κ2) is 8.18. The van der Waals surface area contributed by atoms with E-state index in [-0.39, 0.29) is 10.7 Å². The number of furan rings is 1. The fourth-order valence-electron chi connectivity index (χ4n) is 2.73. The van der Waals surface area contributed by atoms with Crippen molar-refractivity contribution in [3.8, 4) is 11.5 Å². The molecule has 2 heterocycles. The molecule has 29 heavy (non-hydrogen) atoms. The van der Waals surface area contributed by atoms with E-state index in [9.17, 15) is 9.59 Å². The Morgan fingerprint density at radius 3 is 2.31 bits per heavy atom. The standard InChI is InChI=1S/C21H13IN2O4S/c22-18-11-10-16(28-18)12-17-19(25)23-21(29)24(20(17)26)13-6-8-15(9-7-13)27-14-4-2-1-3-5-14/h1-12H,(H,23,25,29)/b17-12-. The number of rotatable bonds is 4. The van der Waals surface area contributed by atoms with Crippen molar-refractivity contribution in [3.05, 3.63) is 81.8 Å². The summed E-state index contributed by atoms with van der Waals surface area (Å²) in [5.41, 5.74) is 0.453. The molecule has 0 atom stereocenters. The lowest BCUT2D eigenvalue weighted by Crippen LogP contribution is -2.54. The van der Waals surface area contributed by atoms with Gasteiger partial charge < -0.3 is 9.15 Å². The van der Waals surface area contributed by atoms with Crippen LogP contribution in [0, 0.1) is 3.77 Å². The number of nitrogens with zero attached hydrogens (tertiary/aromatic N) is 1. The van der Waals surface area contributed by atoms with Gasteiger partial charge in [0.15, 0.2) is 8.88 Å². The highest BCUT2D eigenvalue weighted by atomic mass is 127. The predicted molar refractivity (Wildman–Crippen MR) is 121 cm³/mol. The van der Waals surface area contributed by atoms with Crippen LogP contribution >= 0.6 is 34.8 Å². The maximum atomic E-state index is 13.0. The molecule has 2 amide bonds. The monoisotopic (exact) mass is 516 g/mol. The van der Waals surface area contributed by atoms with E-state index in [2.05, 4.69) is 5.32 Å². The molecule has 1 aliphatic rings. The number of hydrogen-bond donors (Lipinski definition) is 1. The summed E-state index contributed by atoms with van der Waals surface area (Å²) in [7, 11) is 0. The number of halogens is 1. The van der Waals surface area contributed by atoms with E-state index in [0.29, 0.717) is 26.7 Å². The first-order chi connectivity index (χ1) is 14.0. The van der Waals surface area contributed by atoms with E-state index in [0.717, 1.165) is 0 Å². The predicted octanol–water partition coefficient (Wildman–Crippen LogP) is 4.51. The lowest BCUT2D eigenvalue weighted by Gasteiger charge is -2.28. The molecule has 1 aliphatic heterocycles. The van der Waals surface area contributed by atoms with Crippen molar-refractivity contribution in [2.75, 3.05) is 4.90 Å². The normalized spacial score (nSPS) is 15.6. The van der Waals surface area contributed by atoms with Crippen LogP contribution in [-0.4, -0.2) is 16.9 Å². The van der Waals surface area contributed by atoms with Crippen molar-refractivity contribution in [3.63, 3.8) is 0 Å². The number of thiocarbonyl (C=S) groups is 1. The first-order valence-electron chi connectivity index (χ1n) is 8.51. The first-order valence-corrected chi connectivity index (χ1v) is 10.00. The Morgan fingerprint density at radius 2 is 1.66 bits per heavy atom. The lowest BCUT2D eigenvalue weighted by atomic mass is 10.1. The largest absolute Gasteiger partial charge is 0.457 e. The van der Waals surface area contributed by atoms with Gasteiger partial charge in [0.05, 0.1) is 5.69 Å². The van der Waals surface area contributed by atoms with Crippen LogP contribution in [0.2, 0.25) is 0 Å². The Kier molecular flexibility index (Phi) is 5.45. The second-order valence-corrected chi connectivity index (χ2v) is 7.46. The van der Waals surface area contributed by atoms with Crippen molar-refractivity contribution in [1.82, 2.24) is 5.32 Å². The summed E-state index contributed by atoms with van der Waals surface area (Å²) in [6.07, 6.45) is 1.40. The molecule has 1 aromatic heterocycles. The molecular weight excluding hydrogens is 503 g/mol. The summed E-state index contributed by atoms with van der Waals surface area (Å²) in [5, 5.41) is 2.56. The highest BCUT2D eigenvalue weighted by Gasteiger charge is 2.34. The number of anilines is 1. The quantitative estimate of drug-likeness (QED) is 0.239. The van der Waals surface area contributed by atoms with Gasteiger partial charge in [-0.2, -0.15) is 0 Å². The number of ether oxygens (including phenoxy) is 1. The molecule has 2 aromatic carbocycles. The summed E-state index contributed by atoms with van der Waals surface area (Å²) in [6.45, 7) is 0. The number of carbonyl (C=O) groups is 2. The minimum Gasteiger partial charge on any atom is -0.457 e. The Bertz CT molecular complexity index is 1120. The Balaban J connectivity index is 1.59. The summed E-state index contributed by atoms with van der Waals surface area (Å²) >= 11 is 7.22. The number of nitrogens with one attached hydrogen (secondary N) is 1. The zero-order chi connectivity index (χ0) is 20.4. The van der Waals surface area contributed by atoms with Gasteiger partial charge in [0.2, 0.25) is 0 Å². The van der Waals surface area contributed by atoms with Gasteiger partial charge in [0.1, 0.15) is 22.8 Å². The van der Waals surface area contributed by atoms with Crippen LogP contribution in [-0.2, 0) is 9.59 Å². The van der Waals surface area contributed by atoms with Crippen LogP contribution in [0.1, 0.15) is 5.76 Å². The van der Waals surface area contributed by atoms with Gasteiger partial charge in [-0.25, -0.2) is 0 Å². The van der Waals surface area contributed by atoms with Crippen LogP contribution in [0.25, 0.3) is 6.08 Å². The molecule has 6 nitrogen and oxygen atoms in total. The Labute approximate surface area is 185 Å². The Morgan fingerprint density at radius 1 is 0.966 bits per heavy atom. The van der Waals surface area contributed by atoms with Crippen molar-refractivity contribution < 1.29 is 18.7 Å². The van der Waals surface area contributed by atoms with Crippen molar-refractivity contribution >= 4 is 63.5 Å². The third-order valence-electron chi connectivity index (χ3n) is 4.06. The molecule has 1 saturated heterocycles. The molecule has 0 saturated carbocycles. The molecule has 3 aromatic rings. The lowest BCUT2D eigenvalue weighted by molar-refractivity contribution is -0.122. The fraction of sp³-hybridized carbons (Fsp3) is 0. The molecule has 4 rings (SSSR count). The third kappa shape index (κ3) is 4.22. The number of para-hydroxylation sites is 1. The highest BCUT2D eigenvalue weighted by Crippen LogP contribution is 2.27. The van der Waals surface area contributed by atoms with E-state index < -0.39 is 11.8 Å². The van der Waals surface area contributed by atoms with Gasteiger partial charge in [-0.1, -0.05) is 18.2 Å². The molecule has 1 N–H and O–H groups in total. The van der Waals surface area contributed by atoms with Crippen LogP contribution in [0.15, 0.2) is 76.7 Å². The van der Waals surface area contributed by atoms with Crippen LogP contribution < -0.4 is 15.0 Å². The SMILES string of the molecule is O=C1NC(=S)N(c2ccc(Oc3ccccc3)cc2)C(=O)/C1=C\c1ccc(I)o1. The number of carbonyl (C=O) groups excluding carboxylic acids is 2. The summed E-state index contributed by atoms with van der Waals surface area (Å²) in [6, 6.07) is 19.6. The van der Waals surface area contributed by atoms with Crippen molar-refractivity contribution in [2.24, 2.45) is 0 Å². The fourth-order valence-corrected chi connectivity index (χ4v) is 3.44. The number of benzene rings is 2. The van der Waals surface area contributed by atoms with E-state index in [1.807, 2.05) is 52.9 Å². The molecule has 0 bridgehead atoms. The van der Waals surface area contributed by atoms with Gasteiger partial charge in [0, 0.05) is 0 Å². The molecule has 0 radical (unpaired) electrons. The zero-order valence-electron chi connectivity index (χ0n) is 14.8. The summed E-state index contributed by atoms with van der Waals surface area (Å²) in [5.74, 6) is 0.636. The minimum absolute atomic E-state index is 0.0166. The Hall–Kier alpha value is -2.98. The van der Waals surface area contributed by atoms with E-state index >= 15 is 0 Å². The second-order valence-electron chi connectivity index (χ2n) is 6.01. The minimum atomic E-state index is -0.563. The highest BCUT2D eigenvalue weighted by molar-refractivity contribution is 14.1. The van der Waals surface area contributed by atoms with Crippen molar-refractivity contribution in [2.45, 2.75) is 0 Å². The molecule has 144 valence electrons.